The Morgan fingerprint density at radius 1 is 1.26 bits per heavy atom. The van der Waals surface area contributed by atoms with Gasteiger partial charge in [-0.15, -0.1) is 0 Å². The molecule has 0 spiro atoms. The maximum absolute atomic E-state index is 12.3. The third kappa shape index (κ3) is 4.03. The Hall–Kier alpha value is -2.05. The van der Waals surface area contributed by atoms with Gasteiger partial charge < -0.3 is 14.6 Å². The average Bonchev–Trinajstić information content (AvgIpc) is 2.78. The number of nitrogens with zero attached hydrogens (tertiary/aromatic N) is 2. The molecule has 1 aliphatic heterocycles. The van der Waals surface area contributed by atoms with Gasteiger partial charge in [0.1, 0.15) is 0 Å². The van der Waals surface area contributed by atoms with Crippen LogP contribution in [0.25, 0.3) is 0 Å². The standard InChI is InChI=1S/C16H25N3O4/c1-4-23-15(21)13-5-8-18(9-6-13)14(20)7-10-19-12(3)11(2)17-16(19)22/h13H,4-10H2,1-3H3,(H,17,22). The molecule has 128 valence electrons. The van der Waals surface area contributed by atoms with E-state index in [1.165, 1.54) is 0 Å². The fourth-order valence-corrected chi connectivity index (χ4v) is 2.93. The van der Waals surface area contributed by atoms with Crippen molar-refractivity contribution in [1.82, 2.24) is 14.5 Å². The molecule has 1 saturated heterocycles. The zero-order valence-corrected chi connectivity index (χ0v) is 14.1. The number of imidazole rings is 1. The Morgan fingerprint density at radius 2 is 1.91 bits per heavy atom. The first-order valence-corrected chi connectivity index (χ1v) is 8.14. The van der Waals surface area contributed by atoms with Gasteiger partial charge in [0.15, 0.2) is 0 Å². The predicted molar refractivity (Wildman–Crippen MR) is 85.1 cm³/mol. The van der Waals surface area contributed by atoms with E-state index in [9.17, 15) is 14.4 Å². The molecule has 1 N–H and O–H groups in total. The molecule has 0 unspecified atom stereocenters. The number of likely N-dealkylation sites (tertiary alicyclic amines) is 1. The molecule has 0 atom stereocenters. The molecule has 1 amide bonds. The topological polar surface area (TPSA) is 84.4 Å². The highest BCUT2D eigenvalue weighted by Gasteiger charge is 2.28. The summed E-state index contributed by atoms with van der Waals surface area (Å²) >= 11 is 0. The Balaban J connectivity index is 1.84. The molecule has 2 rings (SSSR count). The van der Waals surface area contributed by atoms with Crippen molar-refractivity contribution in [2.45, 2.75) is 46.6 Å². The van der Waals surface area contributed by atoms with Crippen molar-refractivity contribution in [1.29, 1.82) is 0 Å². The summed E-state index contributed by atoms with van der Waals surface area (Å²) in [6, 6.07) is 0. The first-order valence-electron chi connectivity index (χ1n) is 8.14. The summed E-state index contributed by atoms with van der Waals surface area (Å²) in [7, 11) is 0. The molecule has 0 aliphatic carbocycles. The lowest BCUT2D eigenvalue weighted by atomic mass is 9.97. The highest BCUT2D eigenvalue weighted by Crippen LogP contribution is 2.19. The summed E-state index contributed by atoms with van der Waals surface area (Å²) < 4.78 is 6.62. The highest BCUT2D eigenvalue weighted by molar-refractivity contribution is 5.77. The number of hydrogen-bond donors (Lipinski definition) is 1. The van der Waals surface area contributed by atoms with Gasteiger partial charge in [-0.1, -0.05) is 0 Å². The summed E-state index contributed by atoms with van der Waals surface area (Å²) in [4.78, 5) is 40.3. The number of ether oxygens (including phenoxy) is 1. The summed E-state index contributed by atoms with van der Waals surface area (Å²) in [6.07, 6.45) is 1.59. The van der Waals surface area contributed by atoms with E-state index in [0.29, 0.717) is 45.5 Å². The van der Waals surface area contributed by atoms with E-state index < -0.39 is 0 Å². The molecule has 7 nitrogen and oxygen atoms in total. The van der Waals surface area contributed by atoms with Crippen LogP contribution in [-0.2, 0) is 20.9 Å². The van der Waals surface area contributed by atoms with E-state index in [-0.39, 0.29) is 23.5 Å². The van der Waals surface area contributed by atoms with Crippen LogP contribution in [0.2, 0.25) is 0 Å². The average molecular weight is 323 g/mol. The fraction of sp³-hybridized carbons (Fsp3) is 0.688. The second-order valence-corrected chi connectivity index (χ2v) is 5.95. The van der Waals surface area contributed by atoms with Gasteiger partial charge in [0.05, 0.1) is 12.5 Å². The first kappa shape index (κ1) is 17.3. The lowest BCUT2D eigenvalue weighted by Gasteiger charge is -2.31. The number of amides is 1. The number of carbonyl (C=O) groups is 2. The monoisotopic (exact) mass is 323 g/mol. The molecule has 7 heteroatoms. The lowest BCUT2D eigenvalue weighted by molar-refractivity contribution is -0.151. The normalized spacial score (nSPS) is 15.7. The van der Waals surface area contributed by atoms with Crippen molar-refractivity contribution >= 4 is 11.9 Å². The Bertz CT molecular complexity index is 624. The fourth-order valence-electron chi connectivity index (χ4n) is 2.93. The minimum Gasteiger partial charge on any atom is -0.466 e. The van der Waals surface area contributed by atoms with Crippen molar-refractivity contribution in [3.8, 4) is 0 Å². The summed E-state index contributed by atoms with van der Waals surface area (Å²) in [5.74, 6) is -0.238. The number of H-pyrrole nitrogens is 1. The van der Waals surface area contributed by atoms with Crippen LogP contribution in [-0.4, -0.2) is 46.0 Å². The molecular weight excluding hydrogens is 298 g/mol. The zero-order valence-electron chi connectivity index (χ0n) is 14.1. The molecule has 0 aromatic carbocycles. The van der Waals surface area contributed by atoms with Crippen LogP contribution in [0.5, 0.6) is 0 Å². The number of aromatic nitrogens is 2. The number of aromatic amines is 1. The van der Waals surface area contributed by atoms with Crippen LogP contribution in [0.4, 0.5) is 0 Å². The second kappa shape index (κ2) is 7.48. The van der Waals surface area contributed by atoms with Crippen molar-refractivity contribution in [3.05, 3.63) is 21.9 Å². The van der Waals surface area contributed by atoms with Crippen molar-refractivity contribution in [2.75, 3.05) is 19.7 Å². The van der Waals surface area contributed by atoms with Gasteiger partial charge in [-0.25, -0.2) is 4.79 Å². The zero-order chi connectivity index (χ0) is 17.0. The summed E-state index contributed by atoms with van der Waals surface area (Å²) in [5, 5.41) is 0. The molecule has 0 bridgehead atoms. The SMILES string of the molecule is CCOC(=O)C1CCN(C(=O)CCn2c(C)c(C)[nH]c2=O)CC1. The number of aryl methyl sites for hydroxylation is 1. The van der Waals surface area contributed by atoms with Crippen molar-refractivity contribution < 1.29 is 14.3 Å². The number of piperidine rings is 1. The van der Waals surface area contributed by atoms with Gasteiger partial charge in [0, 0.05) is 37.4 Å². The maximum Gasteiger partial charge on any atom is 0.325 e. The van der Waals surface area contributed by atoms with Gasteiger partial charge >= 0.3 is 11.7 Å². The Morgan fingerprint density at radius 3 is 2.43 bits per heavy atom. The van der Waals surface area contributed by atoms with Crippen LogP contribution >= 0.6 is 0 Å². The van der Waals surface area contributed by atoms with Crippen LogP contribution in [0.15, 0.2) is 4.79 Å². The largest absolute Gasteiger partial charge is 0.466 e. The van der Waals surface area contributed by atoms with E-state index in [1.807, 2.05) is 13.8 Å². The number of rotatable bonds is 5. The quantitative estimate of drug-likeness (QED) is 0.819. The Kier molecular flexibility index (Phi) is 5.63. The van der Waals surface area contributed by atoms with Gasteiger partial charge in [-0.05, 0) is 33.6 Å². The second-order valence-electron chi connectivity index (χ2n) is 5.95. The molecule has 1 aromatic rings. The number of hydrogen-bond acceptors (Lipinski definition) is 4. The highest BCUT2D eigenvalue weighted by atomic mass is 16.5. The van der Waals surface area contributed by atoms with Gasteiger partial charge in [-0.3, -0.25) is 14.2 Å². The van der Waals surface area contributed by atoms with Crippen molar-refractivity contribution in [2.24, 2.45) is 5.92 Å². The summed E-state index contributed by atoms with van der Waals surface area (Å²) in [5.41, 5.74) is 1.52. The molecule has 2 heterocycles. The molecule has 0 radical (unpaired) electrons. The van der Waals surface area contributed by atoms with Crippen LogP contribution in [0.3, 0.4) is 0 Å². The van der Waals surface area contributed by atoms with Crippen LogP contribution in [0.1, 0.15) is 37.6 Å². The van der Waals surface area contributed by atoms with Gasteiger partial charge in [0.25, 0.3) is 0 Å². The summed E-state index contributed by atoms with van der Waals surface area (Å²) in [6.45, 7) is 7.42. The van der Waals surface area contributed by atoms with E-state index in [4.69, 9.17) is 4.74 Å². The van der Waals surface area contributed by atoms with Crippen molar-refractivity contribution in [3.63, 3.8) is 0 Å². The van der Waals surface area contributed by atoms with E-state index in [2.05, 4.69) is 4.98 Å². The molecule has 23 heavy (non-hydrogen) atoms. The minimum absolute atomic E-state index is 0.0254. The smallest absolute Gasteiger partial charge is 0.325 e. The van der Waals surface area contributed by atoms with Gasteiger partial charge in [0.2, 0.25) is 5.91 Å². The van der Waals surface area contributed by atoms with E-state index >= 15 is 0 Å². The Labute approximate surface area is 135 Å². The van der Waals surface area contributed by atoms with E-state index in [1.54, 1.807) is 16.4 Å². The predicted octanol–water partition coefficient (Wildman–Crippen LogP) is 0.985. The molecule has 1 fully saturated rings. The molecule has 1 aromatic heterocycles. The number of nitrogens with one attached hydrogen (secondary N) is 1. The third-order valence-corrected chi connectivity index (χ3v) is 4.50. The third-order valence-electron chi connectivity index (χ3n) is 4.50. The lowest BCUT2D eigenvalue weighted by Crippen LogP contribution is -2.41. The molecular formula is C16H25N3O4. The van der Waals surface area contributed by atoms with Gasteiger partial charge in [-0.2, -0.15) is 0 Å². The van der Waals surface area contributed by atoms with Crippen LogP contribution in [0, 0.1) is 19.8 Å². The molecule has 0 saturated carbocycles. The number of esters is 1. The first-order chi connectivity index (χ1) is 10.9. The maximum atomic E-state index is 12.3. The minimum atomic E-state index is -0.172. The van der Waals surface area contributed by atoms with Crippen LogP contribution < -0.4 is 5.69 Å². The number of carbonyl (C=O) groups excluding carboxylic acids is 2. The van der Waals surface area contributed by atoms with E-state index in [0.717, 1.165) is 11.4 Å². The molecule has 1 aliphatic rings.